The van der Waals surface area contributed by atoms with Crippen molar-refractivity contribution in [1.29, 1.82) is 0 Å². The van der Waals surface area contributed by atoms with E-state index in [0.29, 0.717) is 0 Å². The van der Waals surface area contributed by atoms with Crippen LogP contribution in [0.5, 0.6) is 0 Å². The summed E-state index contributed by atoms with van der Waals surface area (Å²) in [6.07, 6.45) is 4.13. The van der Waals surface area contributed by atoms with Crippen molar-refractivity contribution in [2.24, 2.45) is 0 Å². The lowest BCUT2D eigenvalue weighted by Gasteiger charge is -2.21. The van der Waals surface area contributed by atoms with E-state index in [-0.39, 0.29) is 5.91 Å². The van der Waals surface area contributed by atoms with Crippen molar-refractivity contribution in [3.8, 4) is 0 Å². The molecular formula is C14H17NO. The predicted octanol–water partition coefficient (Wildman–Crippen LogP) is 2.76. The third kappa shape index (κ3) is 2.51. The van der Waals surface area contributed by atoms with Gasteiger partial charge in [-0.15, -0.1) is 0 Å². The van der Waals surface area contributed by atoms with Crippen molar-refractivity contribution < 1.29 is 4.79 Å². The number of hydrogen-bond donors (Lipinski definition) is 0. The van der Waals surface area contributed by atoms with Crippen LogP contribution in [0.25, 0.3) is 0 Å². The zero-order valence-electron chi connectivity index (χ0n) is 9.65. The molecule has 1 aromatic carbocycles. The highest BCUT2D eigenvalue weighted by Crippen LogP contribution is 2.14. The van der Waals surface area contributed by atoms with Crippen LogP contribution in [0.15, 0.2) is 42.0 Å². The van der Waals surface area contributed by atoms with Gasteiger partial charge in [-0.05, 0) is 25.3 Å². The molecule has 1 heterocycles. The molecule has 16 heavy (non-hydrogen) atoms. The second-order valence-corrected chi connectivity index (χ2v) is 4.24. The van der Waals surface area contributed by atoms with Gasteiger partial charge >= 0.3 is 0 Å². The predicted molar refractivity (Wildman–Crippen MR) is 64.9 cm³/mol. The van der Waals surface area contributed by atoms with Gasteiger partial charge in [0.05, 0.1) is 0 Å². The molecule has 84 valence electrons. The number of rotatable bonds is 2. The zero-order chi connectivity index (χ0) is 11.4. The first-order valence-electron chi connectivity index (χ1n) is 5.77. The van der Waals surface area contributed by atoms with Gasteiger partial charge in [-0.1, -0.05) is 36.4 Å². The van der Waals surface area contributed by atoms with Crippen molar-refractivity contribution in [2.45, 2.75) is 26.3 Å². The monoisotopic (exact) mass is 215 g/mol. The van der Waals surface area contributed by atoms with Crippen molar-refractivity contribution in [3.63, 3.8) is 0 Å². The van der Waals surface area contributed by atoms with Crippen LogP contribution in [0, 0.1) is 0 Å². The maximum absolute atomic E-state index is 12.0. The second-order valence-electron chi connectivity index (χ2n) is 4.24. The lowest BCUT2D eigenvalue weighted by Crippen LogP contribution is -2.30. The third-order valence-corrected chi connectivity index (χ3v) is 2.92. The first-order valence-corrected chi connectivity index (χ1v) is 5.77. The molecule has 0 unspecified atom stereocenters. The lowest BCUT2D eigenvalue weighted by molar-refractivity contribution is -0.127. The van der Waals surface area contributed by atoms with E-state index in [2.05, 4.69) is 12.1 Å². The van der Waals surface area contributed by atoms with E-state index in [9.17, 15) is 4.79 Å². The standard InChI is InChI=1S/C14H17NO/c1-12-7-5-6-10-15(14(12)16)11-13-8-3-2-4-9-13/h2-4,7-9H,5-6,10-11H2,1H3. The highest BCUT2D eigenvalue weighted by Gasteiger charge is 2.17. The molecule has 1 aliphatic rings. The SMILES string of the molecule is CC1=CCCCN(Cc2ccccc2)C1=O. The zero-order valence-corrected chi connectivity index (χ0v) is 9.65. The Hall–Kier alpha value is -1.57. The molecule has 0 aliphatic carbocycles. The Balaban J connectivity index is 2.09. The maximum atomic E-state index is 12.0. The first kappa shape index (κ1) is 10.9. The summed E-state index contributed by atoms with van der Waals surface area (Å²) in [4.78, 5) is 13.9. The number of carbonyl (C=O) groups excluding carboxylic acids is 1. The Bertz CT molecular complexity index is 394. The summed E-state index contributed by atoms with van der Waals surface area (Å²) in [5, 5.41) is 0. The third-order valence-electron chi connectivity index (χ3n) is 2.92. The Morgan fingerprint density at radius 1 is 1.25 bits per heavy atom. The van der Waals surface area contributed by atoms with Gasteiger partial charge in [0.1, 0.15) is 0 Å². The average Bonchev–Trinajstić information content (AvgIpc) is 2.46. The smallest absolute Gasteiger partial charge is 0.249 e. The van der Waals surface area contributed by atoms with Gasteiger partial charge in [0.2, 0.25) is 5.91 Å². The number of nitrogens with zero attached hydrogens (tertiary/aromatic N) is 1. The number of allylic oxidation sites excluding steroid dienone is 1. The summed E-state index contributed by atoms with van der Waals surface area (Å²) in [5.74, 6) is 0.182. The Kier molecular flexibility index (Phi) is 3.40. The van der Waals surface area contributed by atoms with E-state index in [1.54, 1.807) is 0 Å². The van der Waals surface area contributed by atoms with E-state index in [4.69, 9.17) is 0 Å². The molecule has 0 radical (unpaired) electrons. The minimum absolute atomic E-state index is 0.182. The van der Waals surface area contributed by atoms with Crippen LogP contribution >= 0.6 is 0 Å². The summed E-state index contributed by atoms with van der Waals surface area (Å²) < 4.78 is 0. The van der Waals surface area contributed by atoms with E-state index in [1.807, 2.05) is 36.1 Å². The van der Waals surface area contributed by atoms with Gasteiger partial charge in [-0.3, -0.25) is 4.79 Å². The summed E-state index contributed by atoms with van der Waals surface area (Å²) in [7, 11) is 0. The fourth-order valence-electron chi connectivity index (χ4n) is 1.99. The number of benzene rings is 1. The normalized spacial score (nSPS) is 16.9. The highest BCUT2D eigenvalue weighted by molar-refractivity contribution is 5.93. The van der Waals surface area contributed by atoms with Crippen LogP contribution in [-0.2, 0) is 11.3 Å². The van der Waals surface area contributed by atoms with Crippen molar-refractivity contribution in [2.75, 3.05) is 6.54 Å². The van der Waals surface area contributed by atoms with Crippen LogP contribution in [0.1, 0.15) is 25.3 Å². The molecule has 2 heteroatoms. The average molecular weight is 215 g/mol. The van der Waals surface area contributed by atoms with Gasteiger partial charge in [0.25, 0.3) is 0 Å². The summed E-state index contributed by atoms with van der Waals surface area (Å²) in [5.41, 5.74) is 2.08. The van der Waals surface area contributed by atoms with Gasteiger partial charge in [0.15, 0.2) is 0 Å². The minimum atomic E-state index is 0.182. The molecule has 2 rings (SSSR count). The summed E-state index contributed by atoms with van der Waals surface area (Å²) in [6.45, 7) is 3.50. The molecule has 1 aromatic rings. The van der Waals surface area contributed by atoms with Crippen LogP contribution in [0.2, 0.25) is 0 Å². The number of carbonyl (C=O) groups is 1. The van der Waals surface area contributed by atoms with Crippen molar-refractivity contribution in [3.05, 3.63) is 47.5 Å². The molecule has 0 bridgehead atoms. The number of amides is 1. The molecule has 0 spiro atoms. The fraction of sp³-hybridized carbons (Fsp3) is 0.357. The van der Waals surface area contributed by atoms with Crippen LogP contribution in [-0.4, -0.2) is 17.4 Å². The molecule has 0 atom stereocenters. The Labute approximate surface area is 96.6 Å². The molecule has 0 aromatic heterocycles. The quantitative estimate of drug-likeness (QED) is 0.743. The summed E-state index contributed by atoms with van der Waals surface area (Å²) in [6, 6.07) is 10.2. The van der Waals surface area contributed by atoms with Crippen molar-refractivity contribution >= 4 is 5.91 Å². The molecule has 2 nitrogen and oxygen atoms in total. The van der Waals surface area contributed by atoms with Crippen molar-refractivity contribution in [1.82, 2.24) is 4.90 Å². The molecule has 0 N–H and O–H groups in total. The highest BCUT2D eigenvalue weighted by atomic mass is 16.2. The molecule has 0 fully saturated rings. The fourth-order valence-corrected chi connectivity index (χ4v) is 1.99. The molecule has 1 amide bonds. The largest absolute Gasteiger partial charge is 0.335 e. The van der Waals surface area contributed by atoms with Crippen LogP contribution < -0.4 is 0 Å². The Morgan fingerprint density at radius 2 is 2.00 bits per heavy atom. The molecule has 0 saturated carbocycles. The molecule has 0 saturated heterocycles. The maximum Gasteiger partial charge on any atom is 0.249 e. The van der Waals surface area contributed by atoms with E-state index >= 15 is 0 Å². The van der Waals surface area contributed by atoms with Crippen LogP contribution in [0.3, 0.4) is 0 Å². The van der Waals surface area contributed by atoms with Gasteiger partial charge in [-0.2, -0.15) is 0 Å². The molecule has 1 aliphatic heterocycles. The second kappa shape index (κ2) is 4.97. The van der Waals surface area contributed by atoms with Gasteiger partial charge in [-0.25, -0.2) is 0 Å². The van der Waals surface area contributed by atoms with E-state index in [1.165, 1.54) is 5.56 Å². The van der Waals surface area contributed by atoms with E-state index in [0.717, 1.165) is 31.5 Å². The number of hydrogen-bond acceptors (Lipinski definition) is 1. The van der Waals surface area contributed by atoms with Crippen LogP contribution in [0.4, 0.5) is 0 Å². The van der Waals surface area contributed by atoms with Gasteiger partial charge < -0.3 is 4.90 Å². The summed E-state index contributed by atoms with van der Waals surface area (Å²) >= 11 is 0. The topological polar surface area (TPSA) is 20.3 Å². The Morgan fingerprint density at radius 3 is 2.75 bits per heavy atom. The van der Waals surface area contributed by atoms with E-state index < -0.39 is 0 Å². The van der Waals surface area contributed by atoms with Gasteiger partial charge in [0, 0.05) is 18.7 Å². The first-order chi connectivity index (χ1) is 7.77. The lowest BCUT2D eigenvalue weighted by atomic mass is 10.2. The minimum Gasteiger partial charge on any atom is -0.335 e. The molecular weight excluding hydrogens is 198 g/mol.